The molecular formula is C18H34N2O4. The molecule has 2 atom stereocenters. The van der Waals surface area contributed by atoms with Crippen molar-refractivity contribution < 1.29 is 19.0 Å². The maximum atomic E-state index is 12.4. The molecule has 140 valence electrons. The van der Waals surface area contributed by atoms with E-state index in [1.807, 2.05) is 0 Å². The Balaban J connectivity index is 1.57. The van der Waals surface area contributed by atoms with E-state index in [0.29, 0.717) is 25.8 Å². The molecule has 6 nitrogen and oxygen atoms in total. The second-order valence-corrected chi connectivity index (χ2v) is 7.13. The van der Waals surface area contributed by atoms with Gasteiger partial charge in [0.05, 0.1) is 18.8 Å². The van der Waals surface area contributed by atoms with Gasteiger partial charge in [0.1, 0.15) is 0 Å². The standard InChI is InChI=1S/C18H34N2O4/c1-14(2)17(20-15-6-11-22-12-7-15)18(21)19-8-4-9-23-13-16-5-3-10-24-16/h14-17,20H,3-13H2,1-2H3,(H,19,21)/t16-,17+/m0/s1. The Morgan fingerprint density at radius 1 is 1.21 bits per heavy atom. The molecule has 24 heavy (non-hydrogen) atoms. The first-order valence-corrected chi connectivity index (χ1v) is 9.47. The van der Waals surface area contributed by atoms with E-state index in [1.54, 1.807) is 0 Å². The molecule has 0 aliphatic carbocycles. The Kier molecular flexibility index (Phi) is 9.02. The third-order valence-electron chi connectivity index (χ3n) is 4.68. The summed E-state index contributed by atoms with van der Waals surface area (Å²) >= 11 is 0. The lowest BCUT2D eigenvalue weighted by molar-refractivity contribution is -0.124. The molecule has 0 unspecified atom stereocenters. The third kappa shape index (κ3) is 7.05. The number of nitrogens with one attached hydrogen (secondary N) is 2. The third-order valence-corrected chi connectivity index (χ3v) is 4.68. The van der Waals surface area contributed by atoms with Crippen LogP contribution in [0.4, 0.5) is 0 Å². The van der Waals surface area contributed by atoms with Crippen molar-refractivity contribution in [3.63, 3.8) is 0 Å². The number of ether oxygens (including phenoxy) is 3. The van der Waals surface area contributed by atoms with Gasteiger partial charge in [0.25, 0.3) is 0 Å². The zero-order chi connectivity index (χ0) is 17.2. The number of carbonyl (C=O) groups excluding carboxylic acids is 1. The van der Waals surface area contributed by atoms with Crippen LogP contribution >= 0.6 is 0 Å². The van der Waals surface area contributed by atoms with Crippen molar-refractivity contribution in [1.29, 1.82) is 0 Å². The van der Waals surface area contributed by atoms with Gasteiger partial charge in [-0.15, -0.1) is 0 Å². The topological polar surface area (TPSA) is 68.8 Å². The quantitative estimate of drug-likeness (QED) is 0.589. The summed E-state index contributed by atoms with van der Waals surface area (Å²) in [5.41, 5.74) is 0. The zero-order valence-electron chi connectivity index (χ0n) is 15.2. The Bertz CT molecular complexity index is 353. The largest absolute Gasteiger partial charge is 0.381 e. The van der Waals surface area contributed by atoms with E-state index in [4.69, 9.17) is 14.2 Å². The second-order valence-electron chi connectivity index (χ2n) is 7.13. The summed E-state index contributed by atoms with van der Waals surface area (Å²) in [6.45, 7) is 8.60. The van der Waals surface area contributed by atoms with Gasteiger partial charge < -0.3 is 24.8 Å². The SMILES string of the molecule is CC(C)[C@@H](NC1CCOCC1)C(=O)NCCCOC[C@@H]1CCCO1. The molecule has 2 saturated heterocycles. The van der Waals surface area contributed by atoms with E-state index in [9.17, 15) is 4.79 Å². The summed E-state index contributed by atoms with van der Waals surface area (Å²) in [6, 6.07) is 0.243. The first-order valence-electron chi connectivity index (χ1n) is 9.47. The van der Waals surface area contributed by atoms with Gasteiger partial charge in [-0.2, -0.15) is 0 Å². The van der Waals surface area contributed by atoms with Gasteiger partial charge in [-0.25, -0.2) is 0 Å². The van der Waals surface area contributed by atoms with Gasteiger partial charge in [-0.05, 0) is 38.0 Å². The van der Waals surface area contributed by atoms with Crippen LogP contribution in [-0.2, 0) is 19.0 Å². The fourth-order valence-electron chi connectivity index (χ4n) is 3.18. The van der Waals surface area contributed by atoms with Crippen molar-refractivity contribution >= 4 is 5.91 Å². The fraction of sp³-hybridized carbons (Fsp3) is 0.944. The lowest BCUT2D eigenvalue weighted by atomic mass is 10.00. The molecule has 0 aromatic carbocycles. The van der Waals surface area contributed by atoms with Crippen LogP contribution in [0.5, 0.6) is 0 Å². The molecule has 0 radical (unpaired) electrons. The average molecular weight is 342 g/mol. The second kappa shape index (κ2) is 11.0. The van der Waals surface area contributed by atoms with Crippen LogP contribution < -0.4 is 10.6 Å². The van der Waals surface area contributed by atoms with Crippen LogP contribution in [0.25, 0.3) is 0 Å². The van der Waals surface area contributed by atoms with E-state index < -0.39 is 0 Å². The molecule has 1 amide bonds. The molecule has 0 spiro atoms. The van der Waals surface area contributed by atoms with E-state index in [-0.39, 0.29) is 24.0 Å². The number of hydrogen-bond donors (Lipinski definition) is 2. The lowest BCUT2D eigenvalue weighted by Crippen LogP contribution is -2.52. The molecule has 6 heteroatoms. The first-order chi connectivity index (χ1) is 11.7. The van der Waals surface area contributed by atoms with Crippen molar-refractivity contribution in [2.24, 2.45) is 5.92 Å². The number of hydrogen-bond acceptors (Lipinski definition) is 5. The maximum absolute atomic E-state index is 12.4. The Morgan fingerprint density at radius 3 is 2.67 bits per heavy atom. The highest BCUT2D eigenvalue weighted by Crippen LogP contribution is 2.12. The fourth-order valence-corrected chi connectivity index (χ4v) is 3.18. The van der Waals surface area contributed by atoms with E-state index >= 15 is 0 Å². The van der Waals surface area contributed by atoms with E-state index in [0.717, 1.165) is 51.9 Å². The molecule has 0 aromatic heterocycles. The minimum atomic E-state index is -0.138. The smallest absolute Gasteiger partial charge is 0.237 e. The monoisotopic (exact) mass is 342 g/mol. The predicted octanol–water partition coefficient (Wildman–Crippen LogP) is 1.48. The Hall–Kier alpha value is -0.690. The Labute approximate surface area is 146 Å². The highest BCUT2D eigenvalue weighted by Gasteiger charge is 2.25. The van der Waals surface area contributed by atoms with Crippen molar-refractivity contribution in [2.45, 2.75) is 64.1 Å². The molecule has 0 bridgehead atoms. The molecular weight excluding hydrogens is 308 g/mol. The lowest BCUT2D eigenvalue weighted by Gasteiger charge is -2.30. The predicted molar refractivity (Wildman–Crippen MR) is 93.0 cm³/mol. The average Bonchev–Trinajstić information content (AvgIpc) is 3.09. The molecule has 0 saturated carbocycles. The molecule has 2 N–H and O–H groups in total. The summed E-state index contributed by atoms with van der Waals surface area (Å²) in [7, 11) is 0. The van der Waals surface area contributed by atoms with Gasteiger partial charge in [-0.3, -0.25) is 4.79 Å². The number of carbonyl (C=O) groups is 1. The number of amides is 1. The van der Waals surface area contributed by atoms with Gasteiger partial charge in [0.2, 0.25) is 5.91 Å². The van der Waals surface area contributed by atoms with Crippen molar-refractivity contribution in [3.8, 4) is 0 Å². The van der Waals surface area contributed by atoms with Gasteiger partial charge in [0.15, 0.2) is 0 Å². The van der Waals surface area contributed by atoms with Crippen LogP contribution in [0, 0.1) is 5.92 Å². The zero-order valence-corrected chi connectivity index (χ0v) is 15.2. The summed E-state index contributed by atoms with van der Waals surface area (Å²) in [5, 5.41) is 6.54. The minimum Gasteiger partial charge on any atom is -0.381 e. The molecule has 2 heterocycles. The summed E-state index contributed by atoms with van der Waals surface area (Å²) in [6.07, 6.45) is 5.31. The van der Waals surface area contributed by atoms with Crippen molar-refractivity contribution in [1.82, 2.24) is 10.6 Å². The van der Waals surface area contributed by atoms with Gasteiger partial charge >= 0.3 is 0 Å². The van der Waals surface area contributed by atoms with Crippen LogP contribution in [0.2, 0.25) is 0 Å². The van der Waals surface area contributed by atoms with Gasteiger partial charge in [-0.1, -0.05) is 13.8 Å². The molecule has 2 aliphatic rings. The Morgan fingerprint density at radius 2 is 2.00 bits per heavy atom. The van der Waals surface area contributed by atoms with E-state index in [1.165, 1.54) is 0 Å². The number of rotatable bonds is 10. The van der Waals surface area contributed by atoms with Crippen LogP contribution in [0.1, 0.15) is 46.0 Å². The molecule has 2 rings (SSSR count). The van der Waals surface area contributed by atoms with Crippen LogP contribution in [0.3, 0.4) is 0 Å². The van der Waals surface area contributed by atoms with Gasteiger partial charge in [0, 0.05) is 39.0 Å². The first kappa shape index (κ1) is 19.6. The van der Waals surface area contributed by atoms with Crippen molar-refractivity contribution in [3.05, 3.63) is 0 Å². The van der Waals surface area contributed by atoms with E-state index in [2.05, 4.69) is 24.5 Å². The summed E-state index contributed by atoms with van der Waals surface area (Å²) < 4.78 is 16.5. The summed E-state index contributed by atoms with van der Waals surface area (Å²) in [5.74, 6) is 0.360. The summed E-state index contributed by atoms with van der Waals surface area (Å²) in [4.78, 5) is 12.4. The highest BCUT2D eigenvalue weighted by atomic mass is 16.5. The molecule has 2 fully saturated rings. The maximum Gasteiger partial charge on any atom is 0.237 e. The van der Waals surface area contributed by atoms with Crippen molar-refractivity contribution in [2.75, 3.05) is 39.6 Å². The molecule has 2 aliphatic heterocycles. The normalized spacial score (nSPS) is 23.5. The van der Waals surface area contributed by atoms with Crippen LogP contribution in [0.15, 0.2) is 0 Å². The minimum absolute atomic E-state index is 0.0932. The highest BCUT2D eigenvalue weighted by molar-refractivity contribution is 5.82. The molecule has 0 aromatic rings. The van der Waals surface area contributed by atoms with Crippen LogP contribution in [-0.4, -0.2) is 63.7 Å².